The van der Waals surface area contributed by atoms with Crippen LogP contribution in [0.1, 0.15) is 11.3 Å². The van der Waals surface area contributed by atoms with Crippen molar-refractivity contribution >= 4 is 39.0 Å². The molecule has 1 aliphatic rings. The highest BCUT2D eigenvalue weighted by Crippen LogP contribution is 2.41. The Morgan fingerprint density at radius 1 is 1.30 bits per heavy atom. The molecule has 1 atom stereocenters. The minimum atomic E-state index is -4.55. The van der Waals surface area contributed by atoms with Gasteiger partial charge in [0.25, 0.3) is 0 Å². The van der Waals surface area contributed by atoms with Crippen molar-refractivity contribution in [2.45, 2.75) is 18.7 Å². The maximum Gasteiger partial charge on any atom is 0.425 e. The van der Waals surface area contributed by atoms with Crippen LogP contribution in [-0.2, 0) is 6.18 Å². The number of aliphatic hydroxyl groups is 1. The lowest BCUT2D eigenvalue weighted by molar-refractivity contribution is -0.134. The van der Waals surface area contributed by atoms with Crippen LogP contribution >= 0.6 is 22.9 Å². The van der Waals surface area contributed by atoms with Crippen LogP contribution in [0, 0.1) is 0 Å². The quantitative estimate of drug-likeness (QED) is 0.693. The lowest BCUT2D eigenvalue weighted by Crippen LogP contribution is -2.28. The Balaban J connectivity index is 2.03. The molecule has 0 aliphatic carbocycles. The van der Waals surface area contributed by atoms with E-state index in [-0.39, 0.29) is 33.3 Å². The highest BCUT2D eigenvalue weighted by atomic mass is 35.5. The van der Waals surface area contributed by atoms with Gasteiger partial charge in [-0.2, -0.15) is 18.2 Å². The number of thiophene rings is 1. The van der Waals surface area contributed by atoms with Crippen LogP contribution in [0.4, 0.5) is 19.0 Å². The number of alkyl halides is 3. The first-order valence-corrected chi connectivity index (χ1v) is 9.27. The van der Waals surface area contributed by atoms with Crippen molar-refractivity contribution < 1.29 is 18.3 Å². The summed E-state index contributed by atoms with van der Waals surface area (Å²) in [6, 6.07) is 7.35. The van der Waals surface area contributed by atoms with Crippen LogP contribution < -0.4 is 10.6 Å². The molecule has 0 bridgehead atoms. The number of aromatic nitrogens is 2. The standard InChI is InChI=1S/C17H13ClF3N3O2S/c18-10-3-1-2-4-11(10)24-12-7-13(17(19,20)21)27-14(12)15(22-16(24)26)23-6-5-9(25)8-23/h1-4,7,9,25H,5-6,8H2/t9-/m1/s1. The zero-order valence-corrected chi connectivity index (χ0v) is 15.3. The van der Waals surface area contributed by atoms with Crippen molar-refractivity contribution in [2.75, 3.05) is 18.0 Å². The molecule has 4 rings (SSSR count). The zero-order valence-electron chi connectivity index (χ0n) is 13.7. The van der Waals surface area contributed by atoms with Crippen LogP contribution in [-0.4, -0.2) is 33.9 Å². The first-order chi connectivity index (χ1) is 12.8. The Bertz CT molecular complexity index is 1080. The number of β-amino-alcohol motifs (C(OH)–C–C–N with tert-alkyl or cyclic N) is 1. The van der Waals surface area contributed by atoms with E-state index in [2.05, 4.69) is 4.98 Å². The van der Waals surface area contributed by atoms with Gasteiger partial charge < -0.3 is 10.0 Å². The minimum Gasteiger partial charge on any atom is -0.391 e. The van der Waals surface area contributed by atoms with Gasteiger partial charge in [0, 0.05) is 13.1 Å². The first kappa shape index (κ1) is 18.3. The Morgan fingerprint density at radius 2 is 2.04 bits per heavy atom. The van der Waals surface area contributed by atoms with E-state index >= 15 is 0 Å². The maximum atomic E-state index is 13.3. The molecule has 1 fully saturated rings. The number of hydrogen-bond donors (Lipinski definition) is 1. The SMILES string of the molecule is O=c1nc(N2CC[C@@H](O)C2)c2sc(C(F)(F)F)cc2n1-c1ccccc1Cl. The fourth-order valence-electron chi connectivity index (χ4n) is 3.16. The van der Waals surface area contributed by atoms with E-state index in [1.165, 1.54) is 0 Å². The Hall–Kier alpha value is -2.10. The summed E-state index contributed by atoms with van der Waals surface area (Å²) < 4.78 is 41.3. The lowest BCUT2D eigenvalue weighted by atomic mass is 10.3. The van der Waals surface area contributed by atoms with Crippen molar-refractivity contribution in [3.05, 3.63) is 50.7 Å². The number of benzene rings is 1. The van der Waals surface area contributed by atoms with E-state index in [0.29, 0.717) is 24.3 Å². The van der Waals surface area contributed by atoms with Crippen LogP contribution in [0.3, 0.4) is 0 Å². The largest absolute Gasteiger partial charge is 0.425 e. The fourth-order valence-corrected chi connectivity index (χ4v) is 4.40. The van der Waals surface area contributed by atoms with Gasteiger partial charge in [0.05, 0.1) is 27.0 Å². The van der Waals surface area contributed by atoms with Gasteiger partial charge >= 0.3 is 11.9 Å². The molecule has 142 valence electrons. The Kier molecular flexibility index (Phi) is 4.40. The van der Waals surface area contributed by atoms with Gasteiger partial charge in [-0.25, -0.2) is 4.79 Å². The molecule has 0 radical (unpaired) electrons. The Labute approximate surface area is 160 Å². The van der Waals surface area contributed by atoms with Crippen LogP contribution in [0.25, 0.3) is 15.9 Å². The van der Waals surface area contributed by atoms with Crippen molar-refractivity contribution in [2.24, 2.45) is 0 Å². The molecule has 5 nitrogen and oxygen atoms in total. The van der Waals surface area contributed by atoms with Crippen LogP contribution in [0.2, 0.25) is 5.02 Å². The molecule has 0 unspecified atom stereocenters. The third-order valence-electron chi connectivity index (χ3n) is 4.38. The summed E-state index contributed by atoms with van der Waals surface area (Å²) in [4.78, 5) is 17.6. The van der Waals surface area contributed by atoms with Gasteiger partial charge in [0.15, 0.2) is 5.82 Å². The summed E-state index contributed by atoms with van der Waals surface area (Å²) in [6.07, 6.45) is -4.68. The van der Waals surface area contributed by atoms with E-state index in [9.17, 15) is 23.1 Å². The van der Waals surface area contributed by atoms with Crippen molar-refractivity contribution in [1.82, 2.24) is 9.55 Å². The minimum absolute atomic E-state index is 0.0943. The number of para-hydroxylation sites is 1. The van der Waals surface area contributed by atoms with Gasteiger partial charge in [-0.05, 0) is 24.6 Å². The molecular formula is C17H13ClF3N3O2S. The summed E-state index contributed by atoms with van der Waals surface area (Å²) in [5.41, 5.74) is -0.364. The number of rotatable bonds is 2. The molecule has 1 aromatic carbocycles. The molecule has 3 heterocycles. The second kappa shape index (κ2) is 6.50. The zero-order chi connectivity index (χ0) is 19.3. The maximum absolute atomic E-state index is 13.3. The molecule has 0 amide bonds. The summed E-state index contributed by atoms with van der Waals surface area (Å²) in [5.74, 6) is 0.162. The normalized spacial score (nSPS) is 17.8. The van der Waals surface area contributed by atoms with Gasteiger partial charge in [-0.15, -0.1) is 11.3 Å². The van der Waals surface area contributed by atoms with Crippen molar-refractivity contribution in [3.63, 3.8) is 0 Å². The van der Waals surface area contributed by atoms with Gasteiger partial charge in [-0.3, -0.25) is 4.57 Å². The summed E-state index contributed by atoms with van der Waals surface area (Å²) in [5, 5.41) is 9.99. The number of halogens is 4. The van der Waals surface area contributed by atoms with Crippen molar-refractivity contribution in [1.29, 1.82) is 0 Å². The monoisotopic (exact) mass is 415 g/mol. The third-order valence-corrected chi connectivity index (χ3v) is 5.87. The molecule has 2 aromatic heterocycles. The smallest absolute Gasteiger partial charge is 0.391 e. The van der Waals surface area contributed by atoms with Crippen LogP contribution in [0.15, 0.2) is 35.1 Å². The molecule has 0 spiro atoms. The molecule has 27 heavy (non-hydrogen) atoms. The predicted molar refractivity (Wildman–Crippen MR) is 98.1 cm³/mol. The summed E-state index contributed by atoms with van der Waals surface area (Å²) in [7, 11) is 0. The van der Waals surface area contributed by atoms with E-state index < -0.39 is 22.8 Å². The van der Waals surface area contributed by atoms with Crippen molar-refractivity contribution in [3.8, 4) is 5.69 Å². The van der Waals surface area contributed by atoms with E-state index in [4.69, 9.17) is 11.6 Å². The van der Waals surface area contributed by atoms with E-state index in [0.717, 1.165) is 10.6 Å². The Morgan fingerprint density at radius 3 is 2.67 bits per heavy atom. The van der Waals surface area contributed by atoms with Gasteiger partial charge in [0.2, 0.25) is 0 Å². The number of anilines is 1. The molecule has 10 heteroatoms. The molecule has 3 aromatic rings. The average Bonchev–Trinajstić information content (AvgIpc) is 3.21. The summed E-state index contributed by atoms with van der Waals surface area (Å²) >= 11 is 6.69. The van der Waals surface area contributed by atoms with E-state index in [1.807, 2.05) is 0 Å². The van der Waals surface area contributed by atoms with Gasteiger partial charge in [0.1, 0.15) is 4.88 Å². The highest BCUT2D eigenvalue weighted by Gasteiger charge is 2.35. The molecule has 1 saturated heterocycles. The third kappa shape index (κ3) is 3.19. The number of fused-ring (bicyclic) bond motifs is 1. The number of hydrogen-bond acceptors (Lipinski definition) is 5. The topological polar surface area (TPSA) is 58.4 Å². The van der Waals surface area contributed by atoms with Crippen LogP contribution in [0.5, 0.6) is 0 Å². The molecule has 0 saturated carbocycles. The predicted octanol–water partition coefficient (Wildman–Crippen LogP) is 3.69. The molecule has 1 aliphatic heterocycles. The molecule has 1 N–H and O–H groups in total. The second-order valence-corrected chi connectivity index (χ2v) is 7.68. The fraction of sp³-hybridized carbons (Fsp3) is 0.294. The average molecular weight is 416 g/mol. The number of aliphatic hydroxyl groups excluding tert-OH is 1. The summed E-state index contributed by atoms with van der Waals surface area (Å²) in [6.45, 7) is 0.634. The van der Waals surface area contributed by atoms with Gasteiger partial charge in [-0.1, -0.05) is 23.7 Å². The highest BCUT2D eigenvalue weighted by molar-refractivity contribution is 7.19. The second-order valence-electron chi connectivity index (χ2n) is 6.22. The molecular weight excluding hydrogens is 403 g/mol. The lowest BCUT2D eigenvalue weighted by Gasteiger charge is -2.18. The first-order valence-electron chi connectivity index (χ1n) is 8.07. The number of nitrogens with zero attached hydrogens (tertiary/aromatic N) is 3. The van der Waals surface area contributed by atoms with E-state index in [1.54, 1.807) is 29.2 Å².